The molecule has 2 atom stereocenters. The van der Waals surface area contributed by atoms with E-state index in [1.165, 1.54) is 0 Å². The molecule has 0 aliphatic carbocycles. The highest BCUT2D eigenvalue weighted by Crippen LogP contribution is 2.09. The smallest absolute Gasteiger partial charge is 0.143 e. The molecule has 1 rings (SSSR count). The van der Waals surface area contributed by atoms with E-state index < -0.39 is 0 Å². The van der Waals surface area contributed by atoms with Gasteiger partial charge in [0.25, 0.3) is 0 Å². The fourth-order valence-electron chi connectivity index (χ4n) is 0.889. The van der Waals surface area contributed by atoms with Gasteiger partial charge in [-0.05, 0) is 6.92 Å². The Bertz CT molecular complexity index is 151. The summed E-state index contributed by atoms with van der Waals surface area (Å²) >= 11 is 0. The van der Waals surface area contributed by atoms with Crippen LogP contribution in [0.3, 0.4) is 0 Å². The fraction of sp³-hybridized carbons (Fsp3) is 0.714. The normalized spacial score (nSPS) is 35.1. The first-order valence-corrected chi connectivity index (χ1v) is 3.26. The van der Waals surface area contributed by atoms with Crippen LogP contribution >= 0.6 is 0 Å². The van der Waals surface area contributed by atoms with Crippen molar-refractivity contribution in [1.29, 1.82) is 0 Å². The summed E-state index contributed by atoms with van der Waals surface area (Å²) in [6.45, 7) is 3.85. The van der Waals surface area contributed by atoms with Gasteiger partial charge in [0.15, 0.2) is 0 Å². The molecular formula is C7H11NO. The van der Waals surface area contributed by atoms with E-state index in [0.717, 1.165) is 0 Å². The van der Waals surface area contributed by atoms with Gasteiger partial charge >= 0.3 is 0 Å². The van der Waals surface area contributed by atoms with E-state index in [0.29, 0.717) is 12.2 Å². The van der Waals surface area contributed by atoms with Crippen LogP contribution in [0.5, 0.6) is 0 Å². The molecule has 0 bridgehead atoms. The quantitative estimate of drug-likeness (QED) is 0.476. The van der Waals surface area contributed by atoms with E-state index in [1.54, 1.807) is 6.21 Å². The van der Waals surface area contributed by atoms with Crippen molar-refractivity contribution in [3.8, 4) is 0 Å². The zero-order valence-corrected chi connectivity index (χ0v) is 5.79. The third-order valence-corrected chi connectivity index (χ3v) is 1.57. The molecule has 1 heterocycles. The molecule has 0 aromatic rings. The SMILES string of the molecule is C[C@H]1CC(=O)[C@@H](C)C=N1. The van der Waals surface area contributed by atoms with Crippen LogP contribution in [-0.2, 0) is 4.79 Å². The van der Waals surface area contributed by atoms with Crippen LogP contribution in [0.1, 0.15) is 20.3 Å². The minimum atomic E-state index is 0.0567. The summed E-state index contributed by atoms with van der Waals surface area (Å²) in [6.07, 6.45) is 2.37. The van der Waals surface area contributed by atoms with Crippen LogP contribution in [0.2, 0.25) is 0 Å². The van der Waals surface area contributed by atoms with Crippen molar-refractivity contribution in [2.24, 2.45) is 10.9 Å². The van der Waals surface area contributed by atoms with E-state index in [-0.39, 0.29) is 12.0 Å². The molecule has 0 saturated carbocycles. The van der Waals surface area contributed by atoms with Gasteiger partial charge < -0.3 is 0 Å². The first-order valence-electron chi connectivity index (χ1n) is 3.26. The molecule has 0 fully saturated rings. The average Bonchev–Trinajstić information content (AvgIpc) is 1.80. The summed E-state index contributed by atoms with van der Waals surface area (Å²) in [4.78, 5) is 15.0. The molecule has 1 aliphatic heterocycles. The molecule has 0 aromatic carbocycles. The summed E-state index contributed by atoms with van der Waals surface area (Å²) in [5.74, 6) is 0.374. The topological polar surface area (TPSA) is 29.4 Å². The molecule has 0 N–H and O–H groups in total. The third kappa shape index (κ3) is 1.37. The van der Waals surface area contributed by atoms with Crippen LogP contribution in [0.25, 0.3) is 0 Å². The molecule has 0 spiro atoms. The Labute approximate surface area is 55.0 Å². The van der Waals surface area contributed by atoms with Gasteiger partial charge in [0.05, 0.1) is 6.04 Å². The minimum absolute atomic E-state index is 0.0567. The fourth-order valence-corrected chi connectivity index (χ4v) is 0.889. The summed E-state index contributed by atoms with van der Waals surface area (Å²) in [6, 6.07) is 0.216. The predicted molar refractivity (Wildman–Crippen MR) is 36.7 cm³/mol. The van der Waals surface area contributed by atoms with E-state index >= 15 is 0 Å². The highest BCUT2D eigenvalue weighted by atomic mass is 16.1. The summed E-state index contributed by atoms with van der Waals surface area (Å²) < 4.78 is 0. The Morgan fingerprint density at radius 1 is 1.67 bits per heavy atom. The molecule has 0 unspecified atom stereocenters. The number of rotatable bonds is 0. The second kappa shape index (κ2) is 2.29. The van der Waals surface area contributed by atoms with Gasteiger partial charge in [0, 0.05) is 18.6 Å². The summed E-state index contributed by atoms with van der Waals surface area (Å²) in [5.41, 5.74) is 0. The first-order chi connectivity index (χ1) is 4.20. The van der Waals surface area contributed by atoms with Crippen LogP contribution in [0, 0.1) is 5.92 Å². The van der Waals surface area contributed by atoms with Crippen LogP contribution in [0.4, 0.5) is 0 Å². The lowest BCUT2D eigenvalue weighted by molar-refractivity contribution is -0.121. The number of hydrogen-bond acceptors (Lipinski definition) is 2. The maximum atomic E-state index is 10.9. The van der Waals surface area contributed by atoms with Crippen molar-refractivity contribution >= 4 is 12.0 Å². The molecule has 9 heavy (non-hydrogen) atoms. The molecule has 0 radical (unpaired) electrons. The second-order valence-electron chi connectivity index (χ2n) is 2.61. The van der Waals surface area contributed by atoms with E-state index in [9.17, 15) is 4.79 Å². The lowest BCUT2D eigenvalue weighted by Crippen LogP contribution is -2.22. The molecule has 50 valence electrons. The lowest BCUT2D eigenvalue weighted by atomic mass is 9.99. The Morgan fingerprint density at radius 2 is 2.33 bits per heavy atom. The van der Waals surface area contributed by atoms with E-state index in [4.69, 9.17) is 0 Å². The second-order valence-corrected chi connectivity index (χ2v) is 2.61. The van der Waals surface area contributed by atoms with Crippen LogP contribution in [0.15, 0.2) is 4.99 Å². The molecule has 1 aliphatic rings. The number of ketones is 1. The van der Waals surface area contributed by atoms with E-state index in [2.05, 4.69) is 4.99 Å². The maximum Gasteiger partial charge on any atom is 0.143 e. The Balaban J connectivity index is 2.65. The average molecular weight is 125 g/mol. The number of hydrogen-bond donors (Lipinski definition) is 0. The molecular weight excluding hydrogens is 114 g/mol. The number of carbonyl (C=O) groups excluding carboxylic acids is 1. The van der Waals surface area contributed by atoms with Crippen molar-refractivity contribution < 1.29 is 4.79 Å². The number of Topliss-reactive ketones (excluding diaryl/α,β-unsaturated/α-hetero) is 1. The zero-order valence-electron chi connectivity index (χ0n) is 5.79. The first kappa shape index (κ1) is 6.46. The van der Waals surface area contributed by atoms with Gasteiger partial charge in [-0.2, -0.15) is 0 Å². The molecule has 2 heteroatoms. The van der Waals surface area contributed by atoms with Gasteiger partial charge in [0.1, 0.15) is 5.78 Å². The number of nitrogens with zero attached hydrogens (tertiary/aromatic N) is 1. The number of aliphatic imine (C=N–C) groups is 1. The molecule has 2 nitrogen and oxygen atoms in total. The highest BCUT2D eigenvalue weighted by molar-refractivity contribution is 5.96. The highest BCUT2D eigenvalue weighted by Gasteiger charge is 2.17. The minimum Gasteiger partial charge on any atom is -0.299 e. The zero-order chi connectivity index (χ0) is 6.85. The Hall–Kier alpha value is -0.660. The third-order valence-electron chi connectivity index (χ3n) is 1.57. The Morgan fingerprint density at radius 3 is 2.78 bits per heavy atom. The molecule has 0 amide bonds. The maximum absolute atomic E-state index is 10.9. The molecule has 0 saturated heterocycles. The van der Waals surface area contributed by atoms with Crippen molar-refractivity contribution in [2.45, 2.75) is 26.3 Å². The van der Waals surface area contributed by atoms with Crippen LogP contribution < -0.4 is 0 Å². The van der Waals surface area contributed by atoms with Gasteiger partial charge in [-0.15, -0.1) is 0 Å². The standard InChI is InChI=1S/C7H11NO/c1-5-4-8-6(2)3-7(5)9/h4-6H,3H2,1-2H3/t5-,6-/m0/s1. The van der Waals surface area contributed by atoms with Gasteiger partial charge in [-0.1, -0.05) is 6.92 Å². The van der Waals surface area contributed by atoms with Gasteiger partial charge in [-0.3, -0.25) is 9.79 Å². The van der Waals surface area contributed by atoms with Crippen molar-refractivity contribution in [2.75, 3.05) is 0 Å². The Kier molecular flexibility index (Phi) is 1.65. The summed E-state index contributed by atoms with van der Waals surface area (Å²) in [5, 5.41) is 0. The van der Waals surface area contributed by atoms with Crippen molar-refractivity contribution in [3.63, 3.8) is 0 Å². The summed E-state index contributed by atoms with van der Waals surface area (Å²) in [7, 11) is 0. The van der Waals surface area contributed by atoms with Crippen LogP contribution in [-0.4, -0.2) is 18.0 Å². The van der Waals surface area contributed by atoms with Crippen molar-refractivity contribution in [1.82, 2.24) is 0 Å². The lowest BCUT2D eigenvalue weighted by Gasteiger charge is -2.13. The predicted octanol–water partition coefficient (Wildman–Crippen LogP) is 1.05. The largest absolute Gasteiger partial charge is 0.299 e. The number of carbonyl (C=O) groups is 1. The van der Waals surface area contributed by atoms with Gasteiger partial charge in [-0.25, -0.2) is 0 Å². The monoisotopic (exact) mass is 125 g/mol. The van der Waals surface area contributed by atoms with E-state index in [1.807, 2.05) is 13.8 Å². The molecule has 0 aromatic heterocycles. The van der Waals surface area contributed by atoms with Gasteiger partial charge in [0.2, 0.25) is 0 Å². The van der Waals surface area contributed by atoms with Crippen molar-refractivity contribution in [3.05, 3.63) is 0 Å².